The van der Waals surface area contributed by atoms with Gasteiger partial charge in [0.2, 0.25) is 0 Å². The Kier molecular flexibility index (Phi) is 5.89. The summed E-state index contributed by atoms with van der Waals surface area (Å²) in [7, 11) is 0. The number of anilines is 2. The Morgan fingerprint density at radius 1 is 1.12 bits per heavy atom. The molecule has 0 bridgehead atoms. The van der Waals surface area contributed by atoms with Crippen LogP contribution in [-0.4, -0.2) is 59.8 Å². The Labute approximate surface area is 186 Å². The average molecular weight is 436 g/mol. The van der Waals surface area contributed by atoms with E-state index in [0.717, 1.165) is 27.3 Å². The molecule has 32 heavy (non-hydrogen) atoms. The van der Waals surface area contributed by atoms with Crippen molar-refractivity contribution in [2.45, 2.75) is 27.1 Å². The number of nitrogens with zero attached hydrogens (tertiary/aromatic N) is 4. The van der Waals surface area contributed by atoms with Crippen molar-refractivity contribution in [3.8, 4) is 5.75 Å². The van der Waals surface area contributed by atoms with E-state index in [4.69, 9.17) is 4.74 Å². The van der Waals surface area contributed by atoms with Gasteiger partial charge < -0.3 is 15.0 Å². The zero-order valence-electron chi connectivity index (χ0n) is 18.4. The molecule has 2 aromatic rings. The fraction of sp³-hybridized carbons (Fsp3) is 0.348. The number of benzene rings is 2. The molecule has 1 N–H and O–H groups in total. The molecule has 2 aliphatic heterocycles. The predicted octanol–water partition coefficient (Wildman–Crippen LogP) is 2.28. The maximum atomic E-state index is 12.7. The van der Waals surface area contributed by atoms with E-state index in [1.54, 1.807) is 0 Å². The van der Waals surface area contributed by atoms with Crippen LogP contribution in [0.3, 0.4) is 0 Å². The van der Waals surface area contributed by atoms with Crippen molar-refractivity contribution in [1.29, 1.82) is 0 Å². The van der Waals surface area contributed by atoms with Crippen LogP contribution in [-0.2, 0) is 14.4 Å². The van der Waals surface area contributed by atoms with Gasteiger partial charge in [0.1, 0.15) is 5.75 Å². The molecule has 166 valence electrons. The van der Waals surface area contributed by atoms with E-state index in [1.165, 1.54) is 4.90 Å². The van der Waals surface area contributed by atoms with Gasteiger partial charge in [0.05, 0.1) is 6.61 Å². The minimum absolute atomic E-state index is 0.334. The molecule has 9 heteroatoms. The Morgan fingerprint density at radius 2 is 1.84 bits per heavy atom. The van der Waals surface area contributed by atoms with E-state index in [9.17, 15) is 14.4 Å². The van der Waals surface area contributed by atoms with E-state index in [2.05, 4.69) is 10.4 Å². The third-order valence-electron chi connectivity index (χ3n) is 5.49. The number of carbonyl (C=O) groups is 3. The van der Waals surface area contributed by atoms with Gasteiger partial charge in [-0.05, 0) is 61.4 Å². The minimum atomic E-state index is -0.800. The summed E-state index contributed by atoms with van der Waals surface area (Å²) in [4.78, 5) is 41.2. The quantitative estimate of drug-likeness (QED) is 0.554. The number of ether oxygens (including phenoxy) is 1. The van der Waals surface area contributed by atoms with Crippen molar-refractivity contribution in [2.75, 3.05) is 36.5 Å². The topological polar surface area (TPSA) is 94.3 Å². The molecule has 2 heterocycles. The molecule has 0 saturated carbocycles. The summed E-state index contributed by atoms with van der Waals surface area (Å²) in [6, 6.07) is 13.2. The fourth-order valence-electron chi connectivity index (χ4n) is 3.91. The standard InChI is InChI=1S/C23H25N5O4/c1-4-32-18-8-6-17(7-9-18)26-11-12-27-21(30)22(31)28(25-23(26)27)14-20(29)24-19-10-5-15(2)13-16(19)3/h5-10,13,23H,4,11-12,14H2,1-3H3/p+1. The van der Waals surface area contributed by atoms with Crippen LogP contribution < -0.4 is 15.0 Å². The summed E-state index contributed by atoms with van der Waals surface area (Å²) in [5.74, 6) is -1.12. The van der Waals surface area contributed by atoms with Gasteiger partial charge in [-0.25, -0.2) is 4.79 Å². The van der Waals surface area contributed by atoms with Crippen LogP contribution in [0, 0.1) is 13.8 Å². The van der Waals surface area contributed by atoms with Gasteiger partial charge in [-0.2, -0.15) is 0 Å². The third kappa shape index (κ3) is 4.18. The third-order valence-corrected chi connectivity index (χ3v) is 5.49. The molecule has 4 rings (SSSR count). The SMILES string of the molecule is CCOc1ccc(N2CCN3C(=O)C(=O)[N+](CC(=O)Nc4ccc(C)cc4C)=NC32)cc1. The van der Waals surface area contributed by atoms with E-state index in [-0.39, 0.29) is 6.54 Å². The number of azo groups is 2. The van der Waals surface area contributed by atoms with Crippen LogP contribution in [0.2, 0.25) is 0 Å². The molecule has 9 nitrogen and oxygen atoms in total. The van der Waals surface area contributed by atoms with Gasteiger partial charge >= 0.3 is 11.8 Å². The maximum absolute atomic E-state index is 12.7. The van der Waals surface area contributed by atoms with E-state index in [0.29, 0.717) is 25.4 Å². The van der Waals surface area contributed by atoms with Crippen molar-refractivity contribution in [3.05, 3.63) is 53.6 Å². The molecule has 0 radical (unpaired) electrons. The zero-order valence-corrected chi connectivity index (χ0v) is 18.4. The molecule has 3 amide bonds. The number of hydrogen-bond donors (Lipinski definition) is 1. The van der Waals surface area contributed by atoms with E-state index in [1.807, 2.05) is 68.1 Å². The molecular weight excluding hydrogens is 410 g/mol. The Hall–Kier alpha value is -3.75. The lowest BCUT2D eigenvalue weighted by Crippen LogP contribution is -2.52. The fourth-order valence-corrected chi connectivity index (χ4v) is 3.91. The van der Waals surface area contributed by atoms with Crippen molar-refractivity contribution in [2.24, 2.45) is 5.11 Å². The Morgan fingerprint density at radius 3 is 2.53 bits per heavy atom. The van der Waals surface area contributed by atoms with Crippen LogP contribution in [0.25, 0.3) is 0 Å². The van der Waals surface area contributed by atoms with Crippen LogP contribution >= 0.6 is 0 Å². The summed E-state index contributed by atoms with van der Waals surface area (Å²) in [5.41, 5.74) is 3.52. The molecule has 0 spiro atoms. The summed E-state index contributed by atoms with van der Waals surface area (Å²) < 4.78 is 6.45. The first-order chi connectivity index (χ1) is 15.4. The highest BCUT2D eigenvalue weighted by Crippen LogP contribution is 2.28. The molecule has 2 aromatic carbocycles. The van der Waals surface area contributed by atoms with E-state index >= 15 is 0 Å². The van der Waals surface area contributed by atoms with Crippen LogP contribution in [0.15, 0.2) is 47.6 Å². The smallest absolute Gasteiger partial charge is 0.494 e. The van der Waals surface area contributed by atoms with Gasteiger partial charge in [0.25, 0.3) is 18.7 Å². The largest absolute Gasteiger partial charge is 0.502 e. The predicted molar refractivity (Wildman–Crippen MR) is 118 cm³/mol. The van der Waals surface area contributed by atoms with Crippen LogP contribution in [0.4, 0.5) is 11.4 Å². The second-order valence-corrected chi connectivity index (χ2v) is 7.81. The lowest BCUT2D eigenvalue weighted by Gasteiger charge is -2.27. The molecule has 0 aliphatic carbocycles. The molecule has 1 unspecified atom stereocenters. The summed E-state index contributed by atoms with van der Waals surface area (Å²) in [6.45, 7) is 6.94. The number of nitrogens with one attached hydrogen (secondary N) is 1. The number of carbonyl (C=O) groups excluding carboxylic acids is 3. The molecule has 1 fully saturated rings. The summed E-state index contributed by atoms with van der Waals surface area (Å²) >= 11 is 0. The second-order valence-electron chi connectivity index (χ2n) is 7.81. The summed E-state index contributed by atoms with van der Waals surface area (Å²) in [5, 5.41) is 7.23. The van der Waals surface area contributed by atoms with Gasteiger partial charge in [-0.15, -0.1) is 0 Å². The van der Waals surface area contributed by atoms with Crippen molar-refractivity contribution >= 4 is 29.1 Å². The zero-order chi connectivity index (χ0) is 22.8. The maximum Gasteiger partial charge on any atom is 0.502 e. The monoisotopic (exact) mass is 436 g/mol. The first kappa shape index (κ1) is 21.5. The summed E-state index contributed by atoms with van der Waals surface area (Å²) in [6.07, 6.45) is -0.674. The molecule has 2 aliphatic rings. The Bertz CT molecular complexity index is 1100. The van der Waals surface area contributed by atoms with Gasteiger partial charge in [-0.3, -0.25) is 14.5 Å². The molecule has 1 saturated heterocycles. The van der Waals surface area contributed by atoms with Crippen molar-refractivity contribution < 1.29 is 23.8 Å². The highest BCUT2D eigenvalue weighted by Gasteiger charge is 2.49. The normalized spacial score (nSPS) is 17.8. The van der Waals surface area contributed by atoms with Gasteiger partial charge in [0.15, 0.2) is 0 Å². The number of fused-ring (bicyclic) bond motifs is 1. The Balaban J connectivity index is 1.53. The van der Waals surface area contributed by atoms with Crippen molar-refractivity contribution in [3.63, 3.8) is 0 Å². The number of rotatable bonds is 6. The first-order valence-electron chi connectivity index (χ1n) is 10.6. The number of aryl methyl sites for hydroxylation is 2. The van der Waals surface area contributed by atoms with Gasteiger partial charge in [0, 0.05) is 29.6 Å². The van der Waals surface area contributed by atoms with Gasteiger partial charge in [-0.1, -0.05) is 17.7 Å². The lowest BCUT2D eigenvalue weighted by molar-refractivity contribution is -0.509. The molecular formula is C23H26N5O4+. The van der Waals surface area contributed by atoms with E-state index < -0.39 is 24.0 Å². The van der Waals surface area contributed by atoms with Crippen LogP contribution in [0.1, 0.15) is 18.1 Å². The second kappa shape index (κ2) is 8.78. The lowest BCUT2D eigenvalue weighted by atomic mass is 10.1. The van der Waals surface area contributed by atoms with Crippen molar-refractivity contribution in [1.82, 2.24) is 4.90 Å². The molecule has 0 aromatic heterocycles. The highest BCUT2D eigenvalue weighted by atomic mass is 16.5. The highest BCUT2D eigenvalue weighted by molar-refractivity contribution is 6.32. The number of amides is 3. The van der Waals surface area contributed by atoms with Crippen LogP contribution in [0.5, 0.6) is 5.75 Å². The molecule has 1 atom stereocenters. The minimum Gasteiger partial charge on any atom is -0.494 e. The number of hydrogen-bond acceptors (Lipinski definition) is 6. The average Bonchev–Trinajstić information content (AvgIpc) is 3.18. The first-order valence-corrected chi connectivity index (χ1v) is 10.6.